The van der Waals surface area contributed by atoms with Crippen LogP contribution in [-0.4, -0.2) is 35.7 Å². The summed E-state index contributed by atoms with van der Waals surface area (Å²) < 4.78 is 0. The van der Waals surface area contributed by atoms with Gasteiger partial charge in [0.05, 0.1) is 6.54 Å². The average Bonchev–Trinajstić information content (AvgIpc) is 2.88. The third-order valence-electron chi connectivity index (χ3n) is 3.14. The Morgan fingerprint density at radius 1 is 1.35 bits per heavy atom. The summed E-state index contributed by atoms with van der Waals surface area (Å²) in [6, 6.07) is 7.93. The molecule has 17 heavy (non-hydrogen) atoms. The molecule has 0 aliphatic carbocycles. The van der Waals surface area contributed by atoms with Gasteiger partial charge in [0, 0.05) is 23.1 Å². The first-order valence-corrected chi connectivity index (χ1v) is 6.54. The molecule has 1 aromatic carbocycles. The predicted octanol–water partition coefficient (Wildman–Crippen LogP) is 1.43. The second kappa shape index (κ2) is 4.07. The van der Waals surface area contributed by atoms with Gasteiger partial charge in [-0.15, -0.1) is 11.8 Å². The Morgan fingerprint density at radius 3 is 2.94 bits per heavy atom. The normalized spacial score (nSPS) is 22.8. The largest absolute Gasteiger partial charge is 0.329 e. The molecule has 1 atom stereocenters. The number of rotatable bonds is 2. The lowest BCUT2D eigenvalue weighted by Crippen LogP contribution is -2.34. The smallest absolute Gasteiger partial charge is 0.324 e. The Balaban J connectivity index is 1.79. The fourth-order valence-corrected chi connectivity index (χ4v) is 3.48. The summed E-state index contributed by atoms with van der Waals surface area (Å²) in [7, 11) is 0. The third-order valence-corrected chi connectivity index (χ3v) is 4.39. The summed E-state index contributed by atoms with van der Waals surface area (Å²) in [5, 5.41) is 2.55. The standard InChI is InChI=1S/C12H12N2O2S/c15-11-5-13-12(16)14(11)6-8-7-17-10-4-2-1-3-9(8)10/h1-4,8H,5-7H2,(H,13,16). The van der Waals surface area contributed by atoms with Crippen molar-refractivity contribution < 1.29 is 9.59 Å². The van der Waals surface area contributed by atoms with Crippen LogP contribution in [0, 0.1) is 0 Å². The van der Waals surface area contributed by atoms with Crippen LogP contribution in [0.25, 0.3) is 0 Å². The van der Waals surface area contributed by atoms with Crippen LogP contribution in [0.4, 0.5) is 4.79 Å². The van der Waals surface area contributed by atoms with Gasteiger partial charge in [0.15, 0.2) is 0 Å². The van der Waals surface area contributed by atoms with Crippen LogP contribution in [0.15, 0.2) is 29.2 Å². The van der Waals surface area contributed by atoms with Crippen molar-refractivity contribution in [1.29, 1.82) is 0 Å². The summed E-state index contributed by atoms with van der Waals surface area (Å²) in [5.41, 5.74) is 1.25. The number of hydrogen-bond acceptors (Lipinski definition) is 3. The molecule has 0 aromatic heterocycles. The van der Waals surface area contributed by atoms with Crippen molar-refractivity contribution in [3.63, 3.8) is 0 Å². The minimum absolute atomic E-state index is 0.121. The van der Waals surface area contributed by atoms with Gasteiger partial charge in [-0.3, -0.25) is 9.69 Å². The van der Waals surface area contributed by atoms with Crippen molar-refractivity contribution in [2.75, 3.05) is 18.8 Å². The highest BCUT2D eigenvalue weighted by molar-refractivity contribution is 7.99. The molecule has 0 saturated carbocycles. The molecular formula is C12H12N2O2S. The molecule has 0 spiro atoms. The Labute approximate surface area is 103 Å². The molecule has 1 unspecified atom stereocenters. The Kier molecular flexibility index (Phi) is 2.55. The van der Waals surface area contributed by atoms with Crippen LogP contribution in [0.5, 0.6) is 0 Å². The summed E-state index contributed by atoms with van der Waals surface area (Å²) in [6.07, 6.45) is 0. The highest BCUT2D eigenvalue weighted by Crippen LogP contribution is 2.39. The van der Waals surface area contributed by atoms with Gasteiger partial charge in [0.1, 0.15) is 0 Å². The number of carbonyl (C=O) groups excluding carboxylic acids is 2. The van der Waals surface area contributed by atoms with E-state index in [1.807, 2.05) is 12.1 Å². The van der Waals surface area contributed by atoms with Gasteiger partial charge in [-0.1, -0.05) is 18.2 Å². The van der Waals surface area contributed by atoms with E-state index in [-0.39, 0.29) is 24.4 Å². The Hall–Kier alpha value is -1.49. The van der Waals surface area contributed by atoms with Crippen LogP contribution in [0.1, 0.15) is 11.5 Å². The lowest BCUT2D eigenvalue weighted by Gasteiger charge is -2.17. The van der Waals surface area contributed by atoms with Gasteiger partial charge in [-0.25, -0.2) is 4.79 Å². The van der Waals surface area contributed by atoms with Crippen molar-refractivity contribution in [1.82, 2.24) is 10.2 Å². The van der Waals surface area contributed by atoms with E-state index in [4.69, 9.17) is 0 Å². The zero-order valence-electron chi connectivity index (χ0n) is 9.18. The number of nitrogens with zero attached hydrogens (tertiary/aromatic N) is 1. The minimum atomic E-state index is -0.260. The van der Waals surface area contributed by atoms with Crippen LogP contribution in [0.2, 0.25) is 0 Å². The van der Waals surface area contributed by atoms with Crippen molar-refractivity contribution in [2.24, 2.45) is 0 Å². The van der Waals surface area contributed by atoms with E-state index in [1.165, 1.54) is 15.4 Å². The lowest BCUT2D eigenvalue weighted by atomic mass is 10.0. The predicted molar refractivity (Wildman–Crippen MR) is 65.0 cm³/mol. The number of amides is 3. The van der Waals surface area contributed by atoms with Crippen LogP contribution in [0.3, 0.4) is 0 Å². The molecule has 2 heterocycles. The first-order chi connectivity index (χ1) is 8.25. The lowest BCUT2D eigenvalue weighted by molar-refractivity contribution is -0.125. The van der Waals surface area contributed by atoms with Gasteiger partial charge < -0.3 is 5.32 Å². The first kappa shape index (κ1) is 10.7. The van der Waals surface area contributed by atoms with Crippen molar-refractivity contribution in [3.05, 3.63) is 29.8 Å². The molecule has 0 bridgehead atoms. The topological polar surface area (TPSA) is 49.4 Å². The quantitative estimate of drug-likeness (QED) is 0.805. The van der Waals surface area contributed by atoms with Crippen LogP contribution < -0.4 is 5.32 Å². The summed E-state index contributed by atoms with van der Waals surface area (Å²) in [4.78, 5) is 25.6. The number of imide groups is 1. The summed E-state index contributed by atoms with van der Waals surface area (Å²) in [5.74, 6) is 1.09. The van der Waals surface area contributed by atoms with E-state index in [9.17, 15) is 9.59 Å². The molecule has 3 rings (SSSR count). The monoisotopic (exact) mass is 248 g/mol. The molecule has 1 fully saturated rings. The molecule has 4 nitrogen and oxygen atoms in total. The van der Waals surface area contributed by atoms with E-state index in [0.717, 1.165) is 5.75 Å². The van der Waals surface area contributed by atoms with Gasteiger partial charge in [-0.2, -0.15) is 0 Å². The first-order valence-electron chi connectivity index (χ1n) is 5.55. The number of hydrogen-bond donors (Lipinski definition) is 1. The van der Waals surface area contributed by atoms with Gasteiger partial charge in [0.25, 0.3) is 0 Å². The molecule has 88 valence electrons. The van der Waals surface area contributed by atoms with Gasteiger partial charge >= 0.3 is 6.03 Å². The van der Waals surface area contributed by atoms with Crippen molar-refractivity contribution >= 4 is 23.7 Å². The van der Waals surface area contributed by atoms with E-state index >= 15 is 0 Å². The minimum Gasteiger partial charge on any atom is -0.329 e. The Bertz CT molecular complexity index is 473. The van der Waals surface area contributed by atoms with Crippen molar-refractivity contribution in [2.45, 2.75) is 10.8 Å². The maximum absolute atomic E-state index is 11.5. The molecule has 5 heteroatoms. The molecule has 2 aliphatic heterocycles. The third kappa shape index (κ3) is 1.80. The number of fused-ring (bicyclic) bond motifs is 1. The zero-order valence-corrected chi connectivity index (χ0v) is 10.00. The highest BCUT2D eigenvalue weighted by atomic mass is 32.2. The average molecular weight is 248 g/mol. The number of nitrogens with one attached hydrogen (secondary N) is 1. The molecule has 0 radical (unpaired) electrons. The number of benzene rings is 1. The molecule has 1 saturated heterocycles. The van der Waals surface area contributed by atoms with E-state index in [2.05, 4.69) is 17.4 Å². The molecular weight excluding hydrogens is 236 g/mol. The summed E-state index contributed by atoms with van der Waals surface area (Å²) in [6.45, 7) is 0.634. The maximum Gasteiger partial charge on any atom is 0.324 e. The number of urea groups is 1. The fraction of sp³-hybridized carbons (Fsp3) is 0.333. The second-order valence-corrected chi connectivity index (χ2v) is 5.27. The van der Waals surface area contributed by atoms with Crippen LogP contribution in [-0.2, 0) is 4.79 Å². The zero-order chi connectivity index (χ0) is 11.8. The molecule has 3 amide bonds. The Morgan fingerprint density at radius 2 is 2.18 bits per heavy atom. The molecule has 1 N–H and O–H groups in total. The number of carbonyl (C=O) groups is 2. The van der Waals surface area contributed by atoms with E-state index < -0.39 is 0 Å². The van der Waals surface area contributed by atoms with Gasteiger partial charge in [-0.05, 0) is 11.6 Å². The van der Waals surface area contributed by atoms with E-state index in [1.54, 1.807) is 11.8 Å². The maximum atomic E-state index is 11.5. The second-order valence-electron chi connectivity index (χ2n) is 4.21. The highest BCUT2D eigenvalue weighted by Gasteiger charge is 2.33. The summed E-state index contributed by atoms with van der Waals surface area (Å²) >= 11 is 1.79. The van der Waals surface area contributed by atoms with Crippen molar-refractivity contribution in [3.8, 4) is 0 Å². The SMILES string of the molecule is O=C1CNC(=O)N1CC1CSc2ccccc21. The van der Waals surface area contributed by atoms with E-state index in [0.29, 0.717) is 6.54 Å². The van der Waals surface area contributed by atoms with Gasteiger partial charge in [0.2, 0.25) is 5.91 Å². The number of thioether (sulfide) groups is 1. The molecule has 2 aliphatic rings. The fourth-order valence-electron chi connectivity index (χ4n) is 2.24. The van der Waals surface area contributed by atoms with Crippen LogP contribution >= 0.6 is 11.8 Å². The molecule has 1 aromatic rings.